The van der Waals surface area contributed by atoms with Gasteiger partial charge in [0.1, 0.15) is 0 Å². The molecule has 0 spiro atoms. The molecule has 0 aliphatic heterocycles. The van der Waals surface area contributed by atoms with Gasteiger partial charge in [0.25, 0.3) is 0 Å². The van der Waals surface area contributed by atoms with Crippen LogP contribution in [0.2, 0.25) is 0 Å². The number of aryl methyl sites for hydroxylation is 1. The second-order valence-corrected chi connectivity index (χ2v) is 10.6. The van der Waals surface area contributed by atoms with Crippen LogP contribution < -0.4 is 5.73 Å². The molecule has 0 aliphatic carbocycles. The molecule has 2 aromatic rings. The summed E-state index contributed by atoms with van der Waals surface area (Å²) in [6, 6.07) is 13.3. The van der Waals surface area contributed by atoms with Gasteiger partial charge in [0.05, 0.1) is 11.7 Å². The third kappa shape index (κ3) is 11.9. The largest absolute Gasteiger partial charge is 0.481 e. The second-order valence-electron chi connectivity index (χ2n) is 9.46. The molecular formula is C30H41NO5S. The monoisotopic (exact) mass is 527 g/mol. The Morgan fingerprint density at radius 2 is 1.68 bits per heavy atom. The summed E-state index contributed by atoms with van der Waals surface area (Å²) in [7, 11) is 0. The minimum Gasteiger partial charge on any atom is -0.481 e. The lowest BCUT2D eigenvalue weighted by Crippen LogP contribution is -2.22. The smallest absolute Gasteiger partial charge is 0.335 e. The topological polar surface area (TPSA) is 121 Å². The van der Waals surface area contributed by atoms with E-state index in [4.69, 9.17) is 10.8 Å². The average Bonchev–Trinajstić information content (AvgIpc) is 2.87. The fourth-order valence-electron chi connectivity index (χ4n) is 4.08. The van der Waals surface area contributed by atoms with E-state index in [2.05, 4.69) is 31.2 Å². The minimum atomic E-state index is -1.01. The molecule has 0 aliphatic rings. The van der Waals surface area contributed by atoms with E-state index in [-0.39, 0.29) is 17.2 Å². The van der Waals surface area contributed by atoms with Gasteiger partial charge in [-0.05, 0) is 67.0 Å². The first-order chi connectivity index (χ1) is 17.8. The molecule has 0 saturated carbocycles. The van der Waals surface area contributed by atoms with Crippen molar-refractivity contribution in [2.75, 3.05) is 5.73 Å². The zero-order valence-corrected chi connectivity index (χ0v) is 22.6. The minimum absolute atomic E-state index is 0.0106. The summed E-state index contributed by atoms with van der Waals surface area (Å²) in [6.07, 6.45) is 12.2. The fraction of sp³-hybridized carbons (Fsp3) is 0.467. The van der Waals surface area contributed by atoms with Gasteiger partial charge in [0, 0.05) is 23.1 Å². The van der Waals surface area contributed by atoms with Gasteiger partial charge in [0.15, 0.2) is 0 Å². The van der Waals surface area contributed by atoms with E-state index in [1.807, 2.05) is 12.2 Å². The molecule has 0 aromatic heterocycles. The van der Waals surface area contributed by atoms with Crippen LogP contribution in [0.4, 0.5) is 5.69 Å². The number of aliphatic hydroxyl groups excluding tert-OH is 1. The number of carboxylic acid groups (broad SMARTS) is 2. The molecule has 6 nitrogen and oxygen atoms in total. The molecule has 2 atom stereocenters. The number of rotatable bonds is 18. The zero-order chi connectivity index (χ0) is 27.0. The standard InChI is InChI=1S/C30H41NO5S/c1-2-3-4-5-6-9-22-14-16-23(17-15-22)10-7-12-28(27(32)11-8-13-29(33)34)37-21-25-20-24(30(35)36)18-19-26(25)31/h7,12,14-20,27-28,32H,2-6,8-11,13,21,31H2,1H3,(H,33,34)(H,35,36)/b12-7-/t27-,28+/m0/s1. The first-order valence-corrected chi connectivity index (χ1v) is 14.2. The van der Waals surface area contributed by atoms with Crippen molar-refractivity contribution in [2.24, 2.45) is 0 Å². The maximum Gasteiger partial charge on any atom is 0.335 e. The molecular weight excluding hydrogens is 486 g/mol. The predicted molar refractivity (Wildman–Crippen MR) is 152 cm³/mol. The maximum atomic E-state index is 11.3. The third-order valence-electron chi connectivity index (χ3n) is 6.36. The van der Waals surface area contributed by atoms with Gasteiger partial charge in [-0.1, -0.05) is 69.0 Å². The summed E-state index contributed by atoms with van der Waals surface area (Å²) in [5.74, 6) is -1.46. The number of hydrogen-bond acceptors (Lipinski definition) is 5. The molecule has 0 radical (unpaired) electrons. The van der Waals surface area contributed by atoms with E-state index in [1.165, 1.54) is 61.1 Å². The number of thioether (sulfide) groups is 1. The number of nitrogen functional groups attached to an aromatic ring is 1. The van der Waals surface area contributed by atoms with Crippen LogP contribution in [0.3, 0.4) is 0 Å². The maximum absolute atomic E-state index is 11.3. The molecule has 0 unspecified atom stereocenters. The lowest BCUT2D eigenvalue weighted by atomic mass is 10.0. The molecule has 37 heavy (non-hydrogen) atoms. The Balaban J connectivity index is 1.98. The number of aliphatic carboxylic acids is 1. The molecule has 0 fully saturated rings. The number of carboxylic acids is 2. The van der Waals surface area contributed by atoms with Crippen molar-refractivity contribution >= 4 is 29.4 Å². The molecule has 202 valence electrons. The van der Waals surface area contributed by atoms with Crippen molar-refractivity contribution < 1.29 is 24.9 Å². The molecule has 0 bridgehead atoms. The van der Waals surface area contributed by atoms with Gasteiger partial charge < -0.3 is 21.1 Å². The van der Waals surface area contributed by atoms with E-state index in [0.29, 0.717) is 29.8 Å². The Morgan fingerprint density at radius 3 is 2.35 bits per heavy atom. The average molecular weight is 528 g/mol. The molecule has 2 rings (SSSR count). The van der Waals surface area contributed by atoms with E-state index in [1.54, 1.807) is 12.1 Å². The number of allylic oxidation sites excluding steroid dienone is 1. The van der Waals surface area contributed by atoms with Crippen molar-refractivity contribution in [1.82, 2.24) is 0 Å². The van der Waals surface area contributed by atoms with Crippen molar-refractivity contribution in [3.63, 3.8) is 0 Å². The first-order valence-electron chi connectivity index (χ1n) is 13.2. The van der Waals surface area contributed by atoms with Crippen molar-refractivity contribution in [3.8, 4) is 0 Å². The Bertz CT molecular complexity index is 1010. The van der Waals surface area contributed by atoms with Gasteiger partial charge in [-0.3, -0.25) is 4.79 Å². The summed E-state index contributed by atoms with van der Waals surface area (Å²) in [5, 5.41) is 28.7. The van der Waals surface area contributed by atoms with Gasteiger partial charge in [-0.15, -0.1) is 11.8 Å². The van der Waals surface area contributed by atoms with Gasteiger partial charge >= 0.3 is 11.9 Å². The summed E-state index contributed by atoms with van der Waals surface area (Å²) >= 11 is 1.47. The summed E-state index contributed by atoms with van der Waals surface area (Å²) in [4.78, 5) is 22.2. The number of anilines is 1. The van der Waals surface area contributed by atoms with Crippen LogP contribution in [0, 0.1) is 0 Å². The number of carbonyl (C=O) groups is 2. The van der Waals surface area contributed by atoms with Gasteiger partial charge in [0.2, 0.25) is 0 Å². The van der Waals surface area contributed by atoms with E-state index in [9.17, 15) is 19.8 Å². The quantitative estimate of drug-likeness (QED) is 0.0992. The highest BCUT2D eigenvalue weighted by molar-refractivity contribution is 7.99. The Kier molecular flexibility index (Phi) is 13.9. The van der Waals surface area contributed by atoms with Gasteiger partial charge in [-0.25, -0.2) is 4.79 Å². The molecule has 0 heterocycles. The van der Waals surface area contributed by atoms with E-state index < -0.39 is 18.0 Å². The highest BCUT2D eigenvalue weighted by Gasteiger charge is 2.18. The Morgan fingerprint density at radius 1 is 0.973 bits per heavy atom. The Labute approximate surface area is 225 Å². The molecule has 5 N–H and O–H groups in total. The normalized spacial score (nSPS) is 13.0. The second kappa shape index (κ2) is 16.9. The fourth-order valence-corrected chi connectivity index (χ4v) is 5.29. The number of nitrogens with two attached hydrogens (primary N) is 1. The SMILES string of the molecule is CCCCCCCc1ccc(C/C=C\[C@@H](SCc2cc(C(=O)O)ccc2N)[C@@H](O)CCCC(=O)O)cc1. The van der Waals surface area contributed by atoms with Crippen LogP contribution in [0.15, 0.2) is 54.6 Å². The summed E-state index contributed by atoms with van der Waals surface area (Å²) in [6.45, 7) is 2.23. The highest BCUT2D eigenvalue weighted by atomic mass is 32.2. The van der Waals surface area contributed by atoms with Crippen molar-refractivity contribution in [3.05, 3.63) is 76.9 Å². The van der Waals surface area contributed by atoms with E-state index in [0.717, 1.165) is 12.8 Å². The molecule has 0 amide bonds. The van der Waals surface area contributed by atoms with Crippen molar-refractivity contribution in [2.45, 2.75) is 88.2 Å². The highest BCUT2D eigenvalue weighted by Crippen LogP contribution is 2.27. The van der Waals surface area contributed by atoms with Crippen LogP contribution in [-0.4, -0.2) is 38.6 Å². The number of aromatic carboxylic acids is 1. The van der Waals surface area contributed by atoms with Crippen LogP contribution in [0.1, 0.15) is 85.3 Å². The van der Waals surface area contributed by atoms with Crippen molar-refractivity contribution in [1.29, 1.82) is 0 Å². The summed E-state index contributed by atoms with van der Waals surface area (Å²) < 4.78 is 0. The lowest BCUT2D eigenvalue weighted by Gasteiger charge is -2.20. The number of benzene rings is 2. The molecule has 0 saturated heterocycles. The molecule has 2 aromatic carbocycles. The van der Waals surface area contributed by atoms with Crippen LogP contribution in [0.5, 0.6) is 0 Å². The lowest BCUT2D eigenvalue weighted by molar-refractivity contribution is -0.137. The third-order valence-corrected chi connectivity index (χ3v) is 7.70. The van der Waals surface area contributed by atoms with Gasteiger partial charge in [-0.2, -0.15) is 0 Å². The van der Waals surface area contributed by atoms with Crippen LogP contribution in [0.25, 0.3) is 0 Å². The number of aliphatic hydroxyl groups is 1. The molecule has 7 heteroatoms. The Hall–Kier alpha value is -2.77. The van der Waals surface area contributed by atoms with E-state index >= 15 is 0 Å². The summed E-state index contributed by atoms with van der Waals surface area (Å²) in [5.41, 5.74) is 9.97. The number of unbranched alkanes of at least 4 members (excludes halogenated alkanes) is 4. The van der Waals surface area contributed by atoms with Crippen LogP contribution in [-0.2, 0) is 23.4 Å². The zero-order valence-electron chi connectivity index (χ0n) is 21.8. The first kappa shape index (κ1) is 30.5. The predicted octanol–water partition coefficient (Wildman–Crippen LogP) is 6.50. The van der Waals surface area contributed by atoms with Crippen LogP contribution >= 0.6 is 11.8 Å². The number of hydrogen-bond donors (Lipinski definition) is 4.